The smallest absolute Gasteiger partial charge is 0.337 e. The molecule has 1 saturated heterocycles. The van der Waals surface area contributed by atoms with Crippen LogP contribution in [0.5, 0.6) is 0 Å². The molecule has 102 valence electrons. The third kappa shape index (κ3) is 2.73. The summed E-state index contributed by atoms with van der Waals surface area (Å²) >= 11 is 0. The molecule has 0 radical (unpaired) electrons. The van der Waals surface area contributed by atoms with Gasteiger partial charge in [-0.2, -0.15) is 0 Å². The van der Waals surface area contributed by atoms with Crippen molar-refractivity contribution in [2.45, 2.75) is 6.92 Å². The molecule has 1 aliphatic rings. The average molecular weight is 266 g/mol. The van der Waals surface area contributed by atoms with Crippen LogP contribution in [0.1, 0.15) is 17.3 Å². The van der Waals surface area contributed by atoms with Gasteiger partial charge in [-0.25, -0.2) is 9.18 Å². The summed E-state index contributed by atoms with van der Waals surface area (Å²) in [5, 5.41) is 14.5. The summed E-state index contributed by atoms with van der Waals surface area (Å²) in [6.07, 6.45) is 0. The van der Waals surface area contributed by atoms with Crippen molar-refractivity contribution in [3.63, 3.8) is 0 Å². The van der Waals surface area contributed by atoms with Gasteiger partial charge in [-0.3, -0.25) is 4.79 Å². The van der Waals surface area contributed by atoms with Gasteiger partial charge < -0.3 is 15.7 Å². The predicted octanol–water partition coefficient (Wildman–Crippen LogP) is 1.32. The Morgan fingerprint density at radius 3 is 2.74 bits per heavy atom. The molecular weight excluding hydrogens is 251 g/mol. The van der Waals surface area contributed by atoms with Gasteiger partial charge in [0.05, 0.1) is 17.2 Å². The minimum Gasteiger partial charge on any atom is -0.478 e. The van der Waals surface area contributed by atoms with E-state index in [9.17, 15) is 14.0 Å². The molecule has 1 aromatic rings. The fourth-order valence-electron chi connectivity index (χ4n) is 2.21. The molecule has 0 unspecified atom stereocenters. The predicted molar refractivity (Wildman–Crippen MR) is 67.5 cm³/mol. The first-order valence-corrected chi connectivity index (χ1v) is 6.04. The summed E-state index contributed by atoms with van der Waals surface area (Å²) in [6, 6.07) is 3.68. The van der Waals surface area contributed by atoms with Crippen molar-refractivity contribution >= 4 is 17.6 Å². The van der Waals surface area contributed by atoms with Gasteiger partial charge in [0, 0.05) is 6.54 Å². The maximum Gasteiger partial charge on any atom is 0.337 e. The molecule has 1 aromatic carbocycles. The van der Waals surface area contributed by atoms with Crippen LogP contribution in [0.2, 0.25) is 0 Å². The lowest BCUT2D eigenvalue weighted by molar-refractivity contribution is -0.120. The second-order valence-electron chi connectivity index (χ2n) is 4.70. The number of carbonyl (C=O) groups is 2. The largest absolute Gasteiger partial charge is 0.478 e. The zero-order valence-electron chi connectivity index (χ0n) is 10.4. The van der Waals surface area contributed by atoms with E-state index in [2.05, 4.69) is 10.6 Å². The molecule has 5 nitrogen and oxygen atoms in total. The Morgan fingerprint density at radius 2 is 2.16 bits per heavy atom. The number of carboxylic acid groups (broad SMARTS) is 1. The Kier molecular flexibility index (Phi) is 3.80. The number of carboxylic acids is 1. The number of carbonyl (C=O) groups excluding carboxylic acids is 1. The van der Waals surface area contributed by atoms with Crippen LogP contribution in [-0.4, -0.2) is 30.1 Å². The van der Waals surface area contributed by atoms with Crippen molar-refractivity contribution in [1.82, 2.24) is 5.32 Å². The first-order valence-electron chi connectivity index (χ1n) is 6.04. The summed E-state index contributed by atoms with van der Waals surface area (Å²) in [5.41, 5.74) is -0.508. The second kappa shape index (κ2) is 5.36. The summed E-state index contributed by atoms with van der Waals surface area (Å²) in [7, 11) is 0. The summed E-state index contributed by atoms with van der Waals surface area (Å²) in [4.78, 5) is 23.1. The van der Waals surface area contributed by atoms with Crippen LogP contribution in [0, 0.1) is 17.7 Å². The normalized spacial score (nSPS) is 22.2. The molecular formula is C13H15FN2O3. The summed E-state index contributed by atoms with van der Waals surface area (Å²) < 4.78 is 13.7. The van der Waals surface area contributed by atoms with Crippen LogP contribution in [0.25, 0.3) is 0 Å². The molecule has 0 spiro atoms. The van der Waals surface area contributed by atoms with Gasteiger partial charge in [0.15, 0.2) is 0 Å². The Balaban J connectivity index is 2.23. The first-order chi connectivity index (χ1) is 9.00. The molecule has 0 saturated carbocycles. The quantitative estimate of drug-likeness (QED) is 0.771. The van der Waals surface area contributed by atoms with Gasteiger partial charge in [-0.05, 0) is 24.6 Å². The SMILES string of the molecule is C[C@@H]1CNC[C@H]1C(=O)Nc1c(F)cccc1C(=O)O. The maximum atomic E-state index is 13.7. The van der Waals surface area contributed by atoms with E-state index in [1.807, 2.05) is 6.92 Å². The summed E-state index contributed by atoms with van der Waals surface area (Å²) in [5.74, 6) is -2.51. The molecule has 0 aliphatic carbocycles. The highest BCUT2D eigenvalue weighted by molar-refractivity contribution is 6.01. The van der Waals surface area contributed by atoms with E-state index < -0.39 is 11.8 Å². The fourth-order valence-corrected chi connectivity index (χ4v) is 2.21. The Morgan fingerprint density at radius 1 is 1.42 bits per heavy atom. The average Bonchev–Trinajstić information content (AvgIpc) is 2.77. The fraction of sp³-hybridized carbons (Fsp3) is 0.385. The third-order valence-electron chi connectivity index (χ3n) is 3.35. The van der Waals surface area contributed by atoms with E-state index >= 15 is 0 Å². The minimum atomic E-state index is -1.27. The lowest BCUT2D eigenvalue weighted by Crippen LogP contribution is -2.29. The number of para-hydroxylation sites is 1. The molecule has 6 heteroatoms. The van der Waals surface area contributed by atoms with Crippen LogP contribution >= 0.6 is 0 Å². The van der Waals surface area contributed by atoms with Crippen molar-refractivity contribution < 1.29 is 19.1 Å². The van der Waals surface area contributed by atoms with Gasteiger partial charge >= 0.3 is 5.97 Å². The Labute approximate surface area is 109 Å². The van der Waals surface area contributed by atoms with E-state index in [-0.39, 0.29) is 29.0 Å². The van der Waals surface area contributed by atoms with Crippen LogP contribution in [0.3, 0.4) is 0 Å². The highest BCUT2D eigenvalue weighted by Gasteiger charge is 2.30. The lowest BCUT2D eigenvalue weighted by atomic mass is 9.97. The van der Waals surface area contributed by atoms with Crippen molar-refractivity contribution in [3.8, 4) is 0 Å². The standard InChI is InChI=1S/C13H15FN2O3/c1-7-5-15-6-9(7)12(17)16-11-8(13(18)19)3-2-4-10(11)14/h2-4,7,9,15H,5-6H2,1H3,(H,16,17)(H,18,19)/t7-,9-/m1/s1. The molecule has 19 heavy (non-hydrogen) atoms. The first kappa shape index (κ1) is 13.5. The molecule has 3 N–H and O–H groups in total. The number of anilines is 1. The second-order valence-corrected chi connectivity index (χ2v) is 4.70. The number of benzene rings is 1. The van der Waals surface area contributed by atoms with Crippen LogP contribution in [0.15, 0.2) is 18.2 Å². The molecule has 0 bridgehead atoms. The van der Waals surface area contributed by atoms with Crippen LogP contribution in [0.4, 0.5) is 10.1 Å². The number of halogens is 1. The topological polar surface area (TPSA) is 78.4 Å². The highest BCUT2D eigenvalue weighted by atomic mass is 19.1. The number of hydrogen-bond donors (Lipinski definition) is 3. The van der Waals surface area contributed by atoms with E-state index in [0.29, 0.717) is 6.54 Å². The molecule has 1 fully saturated rings. The number of amides is 1. The molecule has 1 aliphatic heterocycles. The van der Waals surface area contributed by atoms with Crippen molar-refractivity contribution in [1.29, 1.82) is 0 Å². The third-order valence-corrected chi connectivity index (χ3v) is 3.35. The number of hydrogen-bond acceptors (Lipinski definition) is 3. The van der Waals surface area contributed by atoms with Gasteiger partial charge in [-0.1, -0.05) is 13.0 Å². The van der Waals surface area contributed by atoms with Gasteiger partial charge in [0.2, 0.25) is 5.91 Å². The number of aromatic carboxylic acids is 1. The minimum absolute atomic E-state index is 0.139. The molecule has 2 rings (SSSR count). The highest BCUT2D eigenvalue weighted by Crippen LogP contribution is 2.23. The van der Waals surface area contributed by atoms with Crippen molar-refractivity contribution in [2.75, 3.05) is 18.4 Å². The maximum absolute atomic E-state index is 13.7. The van der Waals surface area contributed by atoms with E-state index in [4.69, 9.17) is 5.11 Å². The molecule has 0 aromatic heterocycles. The van der Waals surface area contributed by atoms with E-state index in [1.54, 1.807) is 0 Å². The van der Waals surface area contributed by atoms with E-state index in [0.717, 1.165) is 12.6 Å². The lowest BCUT2D eigenvalue weighted by Gasteiger charge is -2.15. The zero-order valence-corrected chi connectivity index (χ0v) is 10.4. The van der Waals surface area contributed by atoms with Crippen LogP contribution < -0.4 is 10.6 Å². The number of nitrogens with one attached hydrogen (secondary N) is 2. The molecule has 2 atom stereocenters. The van der Waals surface area contributed by atoms with E-state index in [1.165, 1.54) is 12.1 Å². The summed E-state index contributed by atoms with van der Waals surface area (Å²) in [6.45, 7) is 3.16. The van der Waals surface area contributed by atoms with Crippen molar-refractivity contribution in [3.05, 3.63) is 29.6 Å². The number of rotatable bonds is 3. The van der Waals surface area contributed by atoms with Gasteiger partial charge in [0.1, 0.15) is 5.82 Å². The zero-order chi connectivity index (χ0) is 14.0. The van der Waals surface area contributed by atoms with Gasteiger partial charge in [0.25, 0.3) is 0 Å². The molecule has 1 heterocycles. The molecule has 1 amide bonds. The monoisotopic (exact) mass is 266 g/mol. The Hall–Kier alpha value is -1.95. The van der Waals surface area contributed by atoms with Crippen LogP contribution in [-0.2, 0) is 4.79 Å². The van der Waals surface area contributed by atoms with Crippen molar-refractivity contribution in [2.24, 2.45) is 11.8 Å². The Bertz CT molecular complexity index is 519. The van der Waals surface area contributed by atoms with Gasteiger partial charge in [-0.15, -0.1) is 0 Å².